The van der Waals surface area contributed by atoms with E-state index in [-0.39, 0.29) is 23.8 Å². The standard InChI is InChI=1S/C18H18N2O5/c21-15(22)9-3-1-2-6-12-16(13-7-4-10-24-13)20-18(19-12)17(23)14-8-5-11-25-14/h4-5,7-8,10-11H,1-3,6,9H2,(H,19,20)(H,21,22). The van der Waals surface area contributed by atoms with Gasteiger partial charge in [-0.05, 0) is 43.5 Å². The van der Waals surface area contributed by atoms with Crippen LogP contribution >= 0.6 is 0 Å². The Balaban J connectivity index is 1.76. The number of imidazole rings is 1. The maximum absolute atomic E-state index is 12.4. The van der Waals surface area contributed by atoms with E-state index in [0.717, 1.165) is 18.5 Å². The van der Waals surface area contributed by atoms with Gasteiger partial charge in [-0.2, -0.15) is 0 Å². The molecule has 3 aromatic rings. The molecule has 0 fully saturated rings. The highest BCUT2D eigenvalue weighted by Gasteiger charge is 2.21. The molecule has 0 aliphatic heterocycles. The van der Waals surface area contributed by atoms with Gasteiger partial charge in [-0.1, -0.05) is 6.42 Å². The number of carbonyl (C=O) groups excluding carboxylic acids is 1. The van der Waals surface area contributed by atoms with E-state index in [2.05, 4.69) is 9.97 Å². The third kappa shape index (κ3) is 4.06. The van der Waals surface area contributed by atoms with Gasteiger partial charge in [-0.15, -0.1) is 0 Å². The van der Waals surface area contributed by atoms with Crippen molar-refractivity contribution in [1.29, 1.82) is 0 Å². The number of nitrogens with one attached hydrogen (secondary N) is 1. The Morgan fingerprint density at radius 1 is 1.08 bits per heavy atom. The van der Waals surface area contributed by atoms with Crippen molar-refractivity contribution in [3.05, 3.63) is 54.1 Å². The van der Waals surface area contributed by atoms with Crippen LogP contribution in [0, 0.1) is 0 Å². The zero-order valence-corrected chi connectivity index (χ0v) is 13.5. The van der Waals surface area contributed by atoms with E-state index in [4.69, 9.17) is 13.9 Å². The molecule has 0 saturated heterocycles. The number of hydrogen-bond donors (Lipinski definition) is 2. The summed E-state index contributed by atoms with van der Waals surface area (Å²) in [5.74, 6) is -0.0986. The maximum Gasteiger partial charge on any atom is 0.303 e. The number of hydrogen-bond acceptors (Lipinski definition) is 5. The fourth-order valence-corrected chi connectivity index (χ4v) is 2.59. The van der Waals surface area contributed by atoms with E-state index in [0.29, 0.717) is 24.3 Å². The first-order chi connectivity index (χ1) is 12.1. The van der Waals surface area contributed by atoms with Crippen LogP contribution in [0.25, 0.3) is 11.5 Å². The molecular weight excluding hydrogens is 324 g/mol. The van der Waals surface area contributed by atoms with E-state index >= 15 is 0 Å². The van der Waals surface area contributed by atoms with Crippen molar-refractivity contribution >= 4 is 11.8 Å². The molecule has 0 radical (unpaired) electrons. The van der Waals surface area contributed by atoms with Crippen molar-refractivity contribution in [1.82, 2.24) is 9.97 Å². The lowest BCUT2D eigenvalue weighted by Gasteiger charge is -2.00. The number of aryl methyl sites for hydroxylation is 1. The number of furan rings is 2. The number of H-pyrrole nitrogens is 1. The molecular formula is C18H18N2O5. The second kappa shape index (κ2) is 7.65. The van der Waals surface area contributed by atoms with Crippen LogP contribution in [-0.4, -0.2) is 26.8 Å². The monoisotopic (exact) mass is 342 g/mol. The number of nitrogens with zero attached hydrogens (tertiary/aromatic N) is 1. The summed E-state index contributed by atoms with van der Waals surface area (Å²) in [7, 11) is 0. The molecule has 2 N–H and O–H groups in total. The molecule has 0 atom stereocenters. The number of carbonyl (C=O) groups is 2. The minimum atomic E-state index is -0.789. The Labute approximate surface area is 143 Å². The summed E-state index contributed by atoms with van der Waals surface area (Å²) in [6.07, 6.45) is 5.95. The van der Waals surface area contributed by atoms with E-state index < -0.39 is 5.97 Å². The molecule has 7 heteroatoms. The molecule has 7 nitrogen and oxygen atoms in total. The Bertz CT molecular complexity index is 831. The number of carboxylic acid groups (broad SMARTS) is 1. The lowest BCUT2D eigenvalue weighted by Crippen LogP contribution is -2.02. The highest BCUT2D eigenvalue weighted by Crippen LogP contribution is 2.25. The van der Waals surface area contributed by atoms with Gasteiger partial charge in [-0.25, -0.2) is 4.98 Å². The Kier molecular flexibility index (Phi) is 5.13. The van der Waals surface area contributed by atoms with Crippen LogP contribution in [0.5, 0.6) is 0 Å². The van der Waals surface area contributed by atoms with Crippen LogP contribution in [0.3, 0.4) is 0 Å². The first kappa shape index (κ1) is 16.8. The first-order valence-electron chi connectivity index (χ1n) is 8.08. The van der Waals surface area contributed by atoms with Crippen molar-refractivity contribution < 1.29 is 23.5 Å². The number of rotatable bonds is 9. The number of aromatic nitrogens is 2. The predicted octanol–water partition coefficient (Wildman–Crippen LogP) is 3.68. The fraction of sp³-hybridized carbons (Fsp3) is 0.278. The van der Waals surface area contributed by atoms with Gasteiger partial charge in [0.1, 0.15) is 5.69 Å². The summed E-state index contributed by atoms with van der Waals surface area (Å²) in [6, 6.07) is 6.79. The van der Waals surface area contributed by atoms with Crippen LogP contribution in [-0.2, 0) is 11.2 Å². The molecule has 0 spiro atoms. The van der Waals surface area contributed by atoms with Crippen molar-refractivity contribution in [2.75, 3.05) is 0 Å². The number of ketones is 1. The van der Waals surface area contributed by atoms with Gasteiger partial charge in [0.15, 0.2) is 17.3 Å². The molecule has 3 heterocycles. The molecule has 0 aromatic carbocycles. The largest absolute Gasteiger partial charge is 0.481 e. The second-order valence-electron chi connectivity index (χ2n) is 5.65. The van der Waals surface area contributed by atoms with Crippen LogP contribution in [0.4, 0.5) is 0 Å². The average molecular weight is 342 g/mol. The van der Waals surface area contributed by atoms with E-state index in [1.54, 1.807) is 30.5 Å². The third-order valence-corrected chi connectivity index (χ3v) is 3.81. The molecule has 0 unspecified atom stereocenters. The van der Waals surface area contributed by atoms with Gasteiger partial charge in [0, 0.05) is 6.42 Å². The predicted molar refractivity (Wildman–Crippen MR) is 88.2 cm³/mol. The van der Waals surface area contributed by atoms with Crippen molar-refractivity contribution in [2.45, 2.75) is 32.1 Å². The number of aromatic amines is 1. The molecule has 25 heavy (non-hydrogen) atoms. The van der Waals surface area contributed by atoms with Crippen LogP contribution < -0.4 is 0 Å². The minimum Gasteiger partial charge on any atom is -0.481 e. The molecule has 130 valence electrons. The summed E-state index contributed by atoms with van der Waals surface area (Å²) in [5.41, 5.74) is 1.39. The fourth-order valence-electron chi connectivity index (χ4n) is 2.59. The van der Waals surface area contributed by atoms with Gasteiger partial charge < -0.3 is 18.9 Å². The third-order valence-electron chi connectivity index (χ3n) is 3.81. The van der Waals surface area contributed by atoms with E-state index in [1.807, 2.05) is 0 Å². The zero-order chi connectivity index (χ0) is 17.6. The zero-order valence-electron chi connectivity index (χ0n) is 13.5. The topological polar surface area (TPSA) is 109 Å². The molecule has 0 bridgehead atoms. The smallest absolute Gasteiger partial charge is 0.303 e. The summed E-state index contributed by atoms with van der Waals surface area (Å²) in [6.45, 7) is 0. The molecule has 0 aliphatic carbocycles. The Hall–Kier alpha value is -3.09. The van der Waals surface area contributed by atoms with Gasteiger partial charge in [0.25, 0.3) is 5.78 Å². The lowest BCUT2D eigenvalue weighted by atomic mass is 10.1. The quantitative estimate of drug-likeness (QED) is 0.453. The Morgan fingerprint density at radius 2 is 1.88 bits per heavy atom. The number of carboxylic acids is 1. The summed E-state index contributed by atoms with van der Waals surface area (Å²) in [5, 5.41) is 8.68. The Morgan fingerprint density at radius 3 is 2.56 bits per heavy atom. The summed E-state index contributed by atoms with van der Waals surface area (Å²) in [4.78, 5) is 30.4. The van der Waals surface area contributed by atoms with E-state index in [1.165, 1.54) is 6.26 Å². The van der Waals surface area contributed by atoms with Crippen LogP contribution in [0.15, 0.2) is 45.6 Å². The summed E-state index contributed by atoms with van der Waals surface area (Å²) >= 11 is 0. The SMILES string of the molecule is O=C(O)CCCCCc1nc(C(=O)c2ccco2)[nH]c1-c1ccco1. The normalized spacial score (nSPS) is 10.9. The molecule has 0 saturated carbocycles. The van der Waals surface area contributed by atoms with Gasteiger partial charge >= 0.3 is 5.97 Å². The van der Waals surface area contributed by atoms with Crippen molar-refractivity contribution in [2.24, 2.45) is 0 Å². The minimum absolute atomic E-state index is 0.161. The van der Waals surface area contributed by atoms with Gasteiger partial charge in [0.2, 0.25) is 0 Å². The molecule has 3 aromatic heterocycles. The highest BCUT2D eigenvalue weighted by molar-refractivity contribution is 6.04. The van der Waals surface area contributed by atoms with Crippen LogP contribution in [0.1, 0.15) is 47.8 Å². The highest BCUT2D eigenvalue weighted by atomic mass is 16.4. The molecule has 0 aliphatic rings. The van der Waals surface area contributed by atoms with Crippen LogP contribution in [0.2, 0.25) is 0 Å². The first-order valence-corrected chi connectivity index (χ1v) is 8.08. The van der Waals surface area contributed by atoms with Crippen molar-refractivity contribution in [3.63, 3.8) is 0 Å². The summed E-state index contributed by atoms with van der Waals surface area (Å²) < 4.78 is 10.6. The average Bonchev–Trinajstić information content (AvgIpc) is 3.33. The lowest BCUT2D eigenvalue weighted by molar-refractivity contribution is -0.137. The van der Waals surface area contributed by atoms with Gasteiger partial charge in [-0.3, -0.25) is 9.59 Å². The van der Waals surface area contributed by atoms with Gasteiger partial charge in [0.05, 0.1) is 18.2 Å². The molecule has 0 amide bonds. The maximum atomic E-state index is 12.4. The number of aliphatic carboxylic acids is 1. The second-order valence-corrected chi connectivity index (χ2v) is 5.65. The number of unbranched alkanes of at least 4 members (excludes halogenated alkanes) is 2. The molecule has 3 rings (SSSR count). The van der Waals surface area contributed by atoms with E-state index in [9.17, 15) is 9.59 Å². The van der Waals surface area contributed by atoms with Crippen molar-refractivity contribution in [3.8, 4) is 11.5 Å².